The second kappa shape index (κ2) is 5.61. The number of carbonyl (C=O) groups is 2. The smallest absolute Gasteiger partial charge is 0.311 e. The molecular formula is C15H18FNO3. The van der Waals surface area contributed by atoms with Gasteiger partial charge in [0.2, 0.25) is 0 Å². The zero-order chi connectivity index (χ0) is 14.8. The molecule has 1 aliphatic heterocycles. The second-order valence-corrected chi connectivity index (χ2v) is 5.32. The minimum atomic E-state index is -0.853. The summed E-state index contributed by atoms with van der Waals surface area (Å²) >= 11 is 0. The third-order valence-corrected chi connectivity index (χ3v) is 3.89. The van der Waals surface area contributed by atoms with Crippen LogP contribution in [-0.2, 0) is 4.79 Å². The highest BCUT2D eigenvalue weighted by Gasteiger charge is 2.45. The fourth-order valence-corrected chi connectivity index (χ4v) is 2.81. The Morgan fingerprint density at radius 1 is 1.45 bits per heavy atom. The van der Waals surface area contributed by atoms with Gasteiger partial charge in [0.15, 0.2) is 0 Å². The van der Waals surface area contributed by atoms with Gasteiger partial charge in [-0.15, -0.1) is 0 Å². The molecule has 20 heavy (non-hydrogen) atoms. The fraction of sp³-hybridized carbons (Fsp3) is 0.467. The van der Waals surface area contributed by atoms with Crippen LogP contribution in [0.3, 0.4) is 0 Å². The lowest BCUT2D eigenvalue weighted by molar-refractivity contribution is -0.148. The van der Waals surface area contributed by atoms with Gasteiger partial charge in [-0.25, -0.2) is 4.39 Å². The van der Waals surface area contributed by atoms with E-state index in [1.165, 1.54) is 23.1 Å². The van der Waals surface area contributed by atoms with Crippen LogP contribution in [0.15, 0.2) is 24.3 Å². The van der Waals surface area contributed by atoms with E-state index in [2.05, 4.69) is 0 Å². The van der Waals surface area contributed by atoms with E-state index >= 15 is 0 Å². The van der Waals surface area contributed by atoms with Crippen molar-refractivity contribution in [2.75, 3.05) is 13.1 Å². The Balaban J connectivity index is 2.16. The number of hydrogen-bond donors (Lipinski definition) is 1. The molecule has 0 saturated carbocycles. The van der Waals surface area contributed by atoms with Crippen molar-refractivity contribution in [3.05, 3.63) is 35.6 Å². The lowest BCUT2D eigenvalue weighted by Gasteiger charge is -2.24. The number of aliphatic carboxylic acids is 1. The first kappa shape index (κ1) is 14.5. The summed E-state index contributed by atoms with van der Waals surface area (Å²) in [7, 11) is 0. The molecule has 1 saturated heterocycles. The quantitative estimate of drug-likeness (QED) is 0.921. The predicted octanol–water partition coefficient (Wildman–Crippen LogP) is 2.54. The first-order valence-electron chi connectivity index (χ1n) is 6.77. The van der Waals surface area contributed by atoms with Crippen molar-refractivity contribution in [2.24, 2.45) is 5.41 Å². The molecule has 1 aromatic carbocycles. The van der Waals surface area contributed by atoms with Gasteiger partial charge >= 0.3 is 5.97 Å². The second-order valence-electron chi connectivity index (χ2n) is 5.32. The summed E-state index contributed by atoms with van der Waals surface area (Å²) in [5.74, 6) is -1.62. The largest absolute Gasteiger partial charge is 0.481 e. The van der Waals surface area contributed by atoms with E-state index < -0.39 is 17.2 Å². The molecule has 0 aliphatic carbocycles. The Morgan fingerprint density at radius 3 is 2.80 bits per heavy atom. The van der Waals surface area contributed by atoms with Gasteiger partial charge in [-0.2, -0.15) is 0 Å². The number of carboxylic acid groups (broad SMARTS) is 1. The third kappa shape index (κ3) is 2.66. The zero-order valence-corrected chi connectivity index (χ0v) is 11.4. The van der Waals surface area contributed by atoms with E-state index in [-0.39, 0.29) is 18.0 Å². The molecular weight excluding hydrogens is 261 g/mol. The van der Waals surface area contributed by atoms with Crippen LogP contribution in [0.5, 0.6) is 0 Å². The van der Waals surface area contributed by atoms with E-state index in [0.717, 1.165) is 6.42 Å². The van der Waals surface area contributed by atoms with Crippen LogP contribution >= 0.6 is 0 Å². The third-order valence-electron chi connectivity index (χ3n) is 3.89. The number of hydrogen-bond acceptors (Lipinski definition) is 2. The first-order valence-corrected chi connectivity index (χ1v) is 6.77. The highest BCUT2D eigenvalue weighted by Crippen LogP contribution is 2.36. The van der Waals surface area contributed by atoms with Crippen molar-refractivity contribution in [3.63, 3.8) is 0 Å². The predicted molar refractivity (Wildman–Crippen MR) is 71.9 cm³/mol. The average molecular weight is 279 g/mol. The van der Waals surface area contributed by atoms with Crippen LogP contribution in [0.1, 0.15) is 36.5 Å². The number of nitrogens with zero attached hydrogens (tertiary/aromatic N) is 1. The van der Waals surface area contributed by atoms with Gasteiger partial charge in [-0.1, -0.05) is 19.4 Å². The summed E-state index contributed by atoms with van der Waals surface area (Å²) < 4.78 is 13.2. The van der Waals surface area contributed by atoms with Crippen molar-refractivity contribution >= 4 is 11.9 Å². The Morgan fingerprint density at radius 2 is 2.20 bits per heavy atom. The number of benzene rings is 1. The molecule has 0 bridgehead atoms. The number of rotatable bonds is 4. The van der Waals surface area contributed by atoms with Crippen molar-refractivity contribution in [2.45, 2.75) is 26.2 Å². The van der Waals surface area contributed by atoms with Gasteiger partial charge in [-0.05, 0) is 31.0 Å². The van der Waals surface area contributed by atoms with Gasteiger partial charge < -0.3 is 10.0 Å². The lowest BCUT2D eigenvalue weighted by atomic mass is 9.83. The highest BCUT2D eigenvalue weighted by molar-refractivity contribution is 5.95. The number of amides is 1. The maximum Gasteiger partial charge on any atom is 0.311 e. The Hall–Kier alpha value is -1.91. The lowest BCUT2D eigenvalue weighted by Crippen LogP contribution is -2.36. The van der Waals surface area contributed by atoms with Crippen LogP contribution in [0.4, 0.5) is 4.39 Å². The maximum absolute atomic E-state index is 13.2. The first-order chi connectivity index (χ1) is 9.48. The summed E-state index contributed by atoms with van der Waals surface area (Å²) in [4.78, 5) is 25.3. The topological polar surface area (TPSA) is 57.6 Å². The molecule has 1 unspecified atom stereocenters. The molecule has 1 heterocycles. The Bertz CT molecular complexity index is 532. The van der Waals surface area contributed by atoms with E-state index in [9.17, 15) is 19.1 Å². The van der Waals surface area contributed by atoms with Gasteiger partial charge in [0.25, 0.3) is 5.91 Å². The minimum Gasteiger partial charge on any atom is -0.481 e. The standard InChI is InChI=1S/C15H18FNO3/c1-2-6-15(14(19)20)7-8-17(10-15)13(18)11-4-3-5-12(16)9-11/h3-5,9H,2,6-8,10H2,1H3,(H,19,20). The minimum absolute atomic E-state index is 0.200. The summed E-state index contributed by atoms with van der Waals surface area (Å²) in [5.41, 5.74) is -0.583. The Kier molecular flexibility index (Phi) is 4.06. The molecule has 108 valence electrons. The molecule has 1 N–H and O–H groups in total. The molecule has 0 radical (unpaired) electrons. The van der Waals surface area contributed by atoms with Crippen LogP contribution in [0.25, 0.3) is 0 Å². The van der Waals surface area contributed by atoms with Crippen LogP contribution in [0.2, 0.25) is 0 Å². The van der Waals surface area contributed by atoms with E-state index in [4.69, 9.17) is 0 Å². The molecule has 2 rings (SSSR count). The van der Waals surface area contributed by atoms with E-state index in [0.29, 0.717) is 19.4 Å². The summed E-state index contributed by atoms with van der Waals surface area (Å²) in [6.45, 7) is 2.54. The molecule has 0 spiro atoms. The number of carboxylic acids is 1. The van der Waals surface area contributed by atoms with E-state index in [1.807, 2.05) is 6.92 Å². The van der Waals surface area contributed by atoms with Crippen LogP contribution in [-0.4, -0.2) is 35.0 Å². The Labute approximate surface area is 117 Å². The van der Waals surface area contributed by atoms with Gasteiger partial charge in [0, 0.05) is 18.7 Å². The van der Waals surface area contributed by atoms with Gasteiger partial charge in [-0.3, -0.25) is 9.59 Å². The molecule has 1 aromatic rings. The molecule has 1 aliphatic rings. The van der Waals surface area contributed by atoms with Crippen molar-refractivity contribution in [1.29, 1.82) is 0 Å². The highest BCUT2D eigenvalue weighted by atomic mass is 19.1. The fourth-order valence-electron chi connectivity index (χ4n) is 2.81. The van der Waals surface area contributed by atoms with Crippen molar-refractivity contribution in [3.8, 4) is 0 Å². The molecule has 1 fully saturated rings. The van der Waals surface area contributed by atoms with Crippen molar-refractivity contribution in [1.82, 2.24) is 4.90 Å². The molecule has 5 heteroatoms. The molecule has 1 atom stereocenters. The normalized spacial score (nSPS) is 22.0. The molecule has 4 nitrogen and oxygen atoms in total. The zero-order valence-electron chi connectivity index (χ0n) is 11.4. The monoisotopic (exact) mass is 279 g/mol. The number of likely N-dealkylation sites (tertiary alicyclic amines) is 1. The number of halogens is 1. The SMILES string of the molecule is CCCC1(C(=O)O)CCN(C(=O)c2cccc(F)c2)C1. The average Bonchev–Trinajstić information content (AvgIpc) is 2.84. The maximum atomic E-state index is 13.2. The number of carbonyl (C=O) groups excluding carboxylic acids is 1. The van der Waals surface area contributed by atoms with Crippen LogP contribution < -0.4 is 0 Å². The summed E-state index contributed by atoms with van der Waals surface area (Å²) in [6, 6.07) is 5.49. The molecule has 1 amide bonds. The van der Waals surface area contributed by atoms with Crippen LogP contribution in [0, 0.1) is 11.2 Å². The van der Waals surface area contributed by atoms with Crippen molar-refractivity contribution < 1.29 is 19.1 Å². The molecule has 0 aromatic heterocycles. The van der Waals surface area contributed by atoms with Gasteiger partial charge in [0.1, 0.15) is 5.82 Å². The summed E-state index contributed by atoms with van der Waals surface area (Å²) in [5, 5.41) is 9.41. The van der Waals surface area contributed by atoms with Gasteiger partial charge in [0.05, 0.1) is 5.41 Å². The van der Waals surface area contributed by atoms with E-state index in [1.54, 1.807) is 6.07 Å². The summed E-state index contributed by atoms with van der Waals surface area (Å²) in [6.07, 6.45) is 1.76.